The average Bonchev–Trinajstić information content (AvgIpc) is 2.51. The van der Waals surface area contributed by atoms with Gasteiger partial charge < -0.3 is 10.1 Å². The standard InChI is InChI=1S/C17H17BrClNO2S/c1-12-6-7-15(13(18)10-12)20-17(21)11-23-9-8-22-16-5-3-2-4-14(16)19/h2-7,10H,8-9,11H2,1H3,(H,20,21). The Hall–Kier alpha value is -1.17. The summed E-state index contributed by atoms with van der Waals surface area (Å²) in [5.74, 6) is 1.74. The molecule has 0 heterocycles. The van der Waals surface area contributed by atoms with E-state index in [0.717, 1.165) is 15.7 Å². The largest absolute Gasteiger partial charge is 0.491 e. The van der Waals surface area contributed by atoms with E-state index in [1.54, 1.807) is 6.07 Å². The highest BCUT2D eigenvalue weighted by Gasteiger charge is 2.06. The van der Waals surface area contributed by atoms with Crippen LogP contribution in [0.1, 0.15) is 5.56 Å². The van der Waals surface area contributed by atoms with Gasteiger partial charge in [-0.2, -0.15) is 0 Å². The van der Waals surface area contributed by atoms with Crippen LogP contribution < -0.4 is 10.1 Å². The number of hydrogen-bond acceptors (Lipinski definition) is 3. The van der Waals surface area contributed by atoms with Crippen LogP contribution in [0.15, 0.2) is 46.9 Å². The molecular formula is C17H17BrClNO2S. The molecule has 0 saturated carbocycles. The van der Waals surface area contributed by atoms with Gasteiger partial charge >= 0.3 is 0 Å². The summed E-state index contributed by atoms with van der Waals surface area (Å²) >= 11 is 11.0. The molecule has 23 heavy (non-hydrogen) atoms. The molecule has 0 aliphatic carbocycles. The first kappa shape index (κ1) is 18.2. The van der Waals surface area contributed by atoms with Crippen LogP contribution in [0.3, 0.4) is 0 Å². The molecule has 2 rings (SSSR count). The Kier molecular flexibility index (Phi) is 7.27. The molecule has 6 heteroatoms. The summed E-state index contributed by atoms with van der Waals surface area (Å²) in [7, 11) is 0. The summed E-state index contributed by atoms with van der Waals surface area (Å²) < 4.78 is 6.46. The number of thioether (sulfide) groups is 1. The molecule has 0 radical (unpaired) electrons. The van der Waals surface area contributed by atoms with Gasteiger partial charge in [0.15, 0.2) is 0 Å². The van der Waals surface area contributed by atoms with Crippen LogP contribution in [0.5, 0.6) is 5.75 Å². The van der Waals surface area contributed by atoms with E-state index in [4.69, 9.17) is 16.3 Å². The highest BCUT2D eigenvalue weighted by molar-refractivity contribution is 9.10. The Morgan fingerprint density at radius 2 is 2.09 bits per heavy atom. The van der Waals surface area contributed by atoms with Crippen molar-refractivity contribution in [2.75, 3.05) is 23.4 Å². The molecule has 0 fully saturated rings. The number of anilines is 1. The second kappa shape index (κ2) is 9.21. The van der Waals surface area contributed by atoms with E-state index >= 15 is 0 Å². The van der Waals surface area contributed by atoms with E-state index in [9.17, 15) is 4.79 Å². The molecule has 0 saturated heterocycles. The smallest absolute Gasteiger partial charge is 0.234 e. The van der Waals surface area contributed by atoms with E-state index in [2.05, 4.69) is 21.2 Å². The zero-order valence-electron chi connectivity index (χ0n) is 12.6. The summed E-state index contributed by atoms with van der Waals surface area (Å²) in [5, 5.41) is 3.48. The topological polar surface area (TPSA) is 38.3 Å². The first-order valence-electron chi connectivity index (χ1n) is 7.07. The van der Waals surface area contributed by atoms with Crippen LogP contribution in [0.25, 0.3) is 0 Å². The number of nitrogens with one attached hydrogen (secondary N) is 1. The Morgan fingerprint density at radius 1 is 1.30 bits per heavy atom. The van der Waals surface area contributed by atoms with Crippen molar-refractivity contribution in [2.24, 2.45) is 0 Å². The van der Waals surface area contributed by atoms with Gasteiger partial charge in [0.1, 0.15) is 5.75 Å². The van der Waals surface area contributed by atoms with E-state index in [-0.39, 0.29) is 5.91 Å². The second-order valence-electron chi connectivity index (χ2n) is 4.86. The van der Waals surface area contributed by atoms with Crippen molar-refractivity contribution < 1.29 is 9.53 Å². The third kappa shape index (κ3) is 6.09. The fourth-order valence-corrected chi connectivity index (χ4v) is 3.23. The predicted octanol–water partition coefficient (Wildman–Crippen LogP) is 5.16. The molecular weight excluding hydrogens is 398 g/mol. The second-order valence-corrected chi connectivity index (χ2v) is 7.23. The Labute approximate surface area is 153 Å². The lowest BCUT2D eigenvalue weighted by molar-refractivity contribution is -0.113. The highest BCUT2D eigenvalue weighted by Crippen LogP contribution is 2.24. The molecule has 1 N–H and O–H groups in total. The maximum Gasteiger partial charge on any atom is 0.234 e. The normalized spacial score (nSPS) is 10.4. The Bertz CT molecular complexity index is 681. The Balaban J connectivity index is 1.68. The lowest BCUT2D eigenvalue weighted by Gasteiger charge is -2.09. The average molecular weight is 415 g/mol. The van der Waals surface area contributed by atoms with Crippen LogP contribution in [-0.4, -0.2) is 24.0 Å². The molecule has 1 amide bonds. The summed E-state index contributed by atoms with van der Waals surface area (Å²) in [6.45, 7) is 2.51. The van der Waals surface area contributed by atoms with E-state index in [1.807, 2.05) is 43.3 Å². The number of ether oxygens (including phenoxy) is 1. The monoisotopic (exact) mass is 413 g/mol. The fourth-order valence-electron chi connectivity index (χ4n) is 1.85. The van der Waals surface area contributed by atoms with Crippen molar-refractivity contribution in [3.05, 3.63) is 57.5 Å². The van der Waals surface area contributed by atoms with Crippen LogP contribution >= 0.6 is 39.3 Å². The maximum absolute atomic E-state index is 11.9. The minimum atomic E-state index is -0.0303. The summed E-state index contributed by atoms with van der Waals surface area (Å²) in [6.07, 6.45) is 0. The van der Waals surface area contributed by atoms with Crippen LogP contribution in [0.4, 0.5) is 5.69 Å². The van der Waals surface area contributed by atoms with Crippen LogP contribution in [0.2, 0.25) is 5.02 Å². The summed E-state index contributed by atoms with van der Waals surface area (Å²) in [6, 6.07) is 13.2. The number of hydrogen-bond donors (Lipinski definition) is 1. The number of carbonyl (C=O) groups excluding carboxylic acids is 1. The van der Waals surface area contributed by atoms with Crippen molar-refractivity contribution in [3.63, 3.8) is 0 Å². The molecule has 3 nitrogen and oxygen atoms in total. The van der Waals surface area contributed by atoms with Gasteiger partial charge in [0.2, 0.25) is 5.91 Å². The maximum atomic E-state index is 11.9. The number of benzene rings is 2. The van der Waals surface area contributed by atoms with Gasteiger partial charge in [0, 0.05) is 10.2 Å². The molecule has 0 atom stereocenters. The zero-order valence-corrected chi connectivity index (χ0v) is 15.8. The SMILES string of the molecule is Cc1ccc(NC(=O)CSCCOc2ccccc2Cl)c(Br)c1. The lowest BCUT2D eigenvalue weighted by atomic mass is 10.2. The lowest BCUT2D eigenvalue weighted by Crippen LogP contribution is -2.15. The number of halogens is 2. The number of rotatable bonds is 7. The van der Waals surface area contributed by atoms with Crippen molar-refractivity contribution in [1.82, 2.24) is 0 Å². The van der Waals surface area contributed by atoms with Crippen LogP contribution in [-0.2, 0) is 4.79 Å². The molecule has 0 aromatic heterocycles. The quantitative estimate of drug-likeness (QED) is 0.636. The van der Waals surface area contributed by atoms with Gasteiger partial charge in [0.25, 0.3) is 0 Å². The third-order valence-corrected chi connectivity index (χ3v) is 4.84. The molecule has 0 aliphatic rings. The minimum absolute atomic E-state index is 0.0303. The first-order valence-corrected chi connectivity index (χ1v) is 9.40. The molecule has 0 bridgehead atoms. The van der Waals surface area contributed by atoms with Gasteiger partial charge in [-0.15, -0.1) is 11.8 Å². The molecule has 0 aliphatic heterocycles. The van der Waals surface area contributed by atoms with Gasteiger partial charge in [-0.25, -0.2) is 0 Å². The molecule has 122 valence electrons. The van der Waals surface area contributed by atoms with Crippen molar-refractivity contribution in [2.45, 2.75) is 6.92 Å². The number of aryl methyl sites for hydroxylation is 1. The van der Waals surface area contributed by atoms with Gasteiger partial charge in [-0.1, -0.05) is 29.8 Å². The van der Waals surface area contributed by atoms with Gasteiger partial charge in [0.05, 0.1) is 23.1 Å². The van der Waals surface area contributed by atoms with E-state index in [1.165, 1.54) is 11.8 Å². The van der Waals surface area contributed by atoms with Gasteiger partial charge in [-0.05, 0) is 52.7 Å². The number of para-hydroxylation sites is 1. The van der Waals surface area contributed by atoms with Crippen molar-refractivity contribution in [1.29, 1.82) is 0 Å². The molecule has 2 aromatic carbocycles. The van der Waals surface area contributed by atoms with Gasteiger partial charge in [-0.3, -0.25) is 4.79 Å². The number of carbonyl (C=O) groups is 1. The predicted molar refractivity (Wildman–Crippen MR) is 102 cm³/mol. The molecule has 2 aromatic rings. The highest BCUT2D eigenvalue weighted by atomic mass is 79.9. The first-order chi connectivity index (χ1) is 11.1. The van der Waals surface area contributed by atoms with Crippen molar-refractivity contribution >= 4 is 50.9 Å². The minimum Gasteiger partial charge on any atom is -0.491 e. The number of amides is 1. The zero-order chi connectivity index (χ0) is 16.7. The summed E-state index contributed by atoms with van der Waals surface area (Å²) in [4.78, 5) is 11.9. The van der Waals surface area contributed by atoms with E-state index < -0.39 is 0 Å². The van der Waals surface area contributed by atoms with E-state index in [0.29, 0.717) is 28.9 Å². The van der Waals surface area contributed by atoms with Crippen molar-refractivity contribution in [3.8, 4) is 5.75 Å². The Morgan fingerprint density at radius 3 is 2.83 bits per heavy atom. The summed E-state index contributed by atoms with van der Waals surface area (Å²) in [5.41, 5.74) is 1.93. The fraction of sp³-hybridized carbons (Fsp3) is 0.235. The molecule has 0 unspecified atom stereocenters. The van der Waals surface area contributed by atoms with Crippen LogP contribution in [0, 0.1) is 6.92 Å². The molecule has 0 spiro atoms. The third-order valence-electron chi connectivity index (χ3n) is 2.95.